The van der Waals surface area contributed by atoms with Gasteiger partial charge in [-0.2, -0.15) is 13.2 Å². The van der Waals surface area contributed by atoms with Crippen molar-refractivity contribution in [1.82, 2.24) is 9.88 Å². The zero-order chi connectivity index (χ0) is 25.3. The van der Waals surface area contributed by atoms with E-state index < -0.39 is 41.2 Å². The van der Waals surface area contributed by atoms with E-state index in [1.807, 2.05) is 0 Å². The number of hydrogen-bond donors (Lipinski definition) is 2. The molecule has 2 N–H and O–H groups in total. The highest BCUT2D eigenvalue weighted by Gasteiger charge is 2.45. The van der Waals surface area contributed by atoms with E-state index in [9.17, 15) is 32.7 Å². The van der Waals surface area contributed by atoms with Crippen molar-refractivity contribution >= 4 is 34.2 Å². The molecule has 1 aromatic heterocycles. The van der Waals surface area contributed by atoms with Crippen LogP contribution in [0.1, 0.15) is 55.9 Å². The first-order chi connectivity index (χ1) is 15.8. The summed E-state index contributed by atoms with van der Waals surface area (Å²) in [5.74, 6) is -2.58. The monoisotopic (exact) mass is 502 g/mol. The van der Waals surface area contributed by atoms with Crippen molar-refractivity contribution in [1.29, 1.82) is 0 Å². The van der Waals surface area contributed by atoms with Crippen molar-refractivity contribution in [2.45, 2.75) is 57.3 Å². The number of pyridine rings is 1. The van der Waals surface area contributed by atoms with Gasteiger partial charge in [0.25, 0.3) is 11.5 Å². The molecule has 1 atom stereocenters. The van der Waals surface area contributed by atoms with Crippen molar-refractivity contribution in [2.75, 3.05) is 13.2 Å². The van der Waals surface area contributed by atoms with Crippen LogP contribution in [-0.2, 0) is 9.53 Å². The van der Waals surface area contributed by atoms with Gasteiger partial charge >= 0.3 is 12.1 Å². The van der Waals surface area contributed by atoms with E-state index in [1.54, 1.807) is 13.0 Å². The van der Waals surface area contributed by atoms with E-state index in [0.29, 0.717) is 5.39 Å². The van der Waals surface area contributed by atoms with E-state index in [0.717, 1.165) is 0 Å². The fourth-order valence-electron chi connectivity index (χ4n) is 4.20. The van der Waals surface area contributed by atoms with Crippen LogP contribution < -0.4 is 10.9 Å². The molecule has 0 spiro atoms. The maximum atomic E-state index is 13.0. The first-order valence-electron chi connectivity index (χ1n) is 10.9. The molecule has 1 amide bonds. The highest BCUT2D eigenvalue weighted by atomic mass is 35.5. The largest absolute Gasteiger partial charge is 0.464 e. The number of carbonyl (C=O) groups excluding carboxylic acids is 2. The van der Waals surface area contributed by atoms with E-state index in [4.69, 9.17) is 16.3 Å². The standard InChI is InChI=1S/C23H26ClF3N2O5/c1-13(11-34-14(2)30)29-10-7-16-17(21(29)32)3-4-18(24)19(16)20(31)28-12-22(33)8-5-15(6-9-22)23(25,26)27/h3-4,7,10,13,15,33H,5-6,8-9,11-12H2,1-2H3,(H,28,31). The molecule has 0 aliphatic heterocycles. The Balaban J connectivity index is 1.79. The van der Waals surface area contributed by atoms with Crippen LogP contribution in [0.3, 0.4) is 0 Å². The third kappa shape index (κ3) is 5.72. The highest BCUT2D eigenvalue weighted by molar-refractivity contribution is 6.35. The van der Waals surface area contributed by atoms with Crippen LogP contribution >= 0.6 is 11.6 Å². The molecular formula is C23H26ClF3N2O5. The summed E-state index contributed by atoms with van der Waals surface area (Å²) < 4.78 is 45.0. The summed E-state index contributed by atoms with van der Waals surface area (Å²) in [5.41, 5.74) is -1.83. The Morgan fingerprint density at radius 3 is 2.50 bits per heavy atom. The summed E-state index contributed by atoms with van der Waals surface area (Å²) in [7, 11) is 0. The van der Waals surface area contributed by atoms with Gasteiger partial charge in [0.05, 0.1) is 28.1 Å². The average molecular weight is 503 g/mol. The van der Waals surface area contributed by atoms with Gasteiger partial charge in [-0.15, -0.1) is 0 Å². The van der Waals surface area contributed by atoms with Gasteiger partial charge in [0.1, 0.15) is 6.61 Å². The zero-order valence-corrected chi connectivity index (χ0v) is 19.5. The second-order valence-corrected chi connectivity index (χ2v) is 9.19. The molecule has 0 bridgehead atoms. The molecule has 1 aromatic carbocycles. The van der Waals surface area contributed by atoms with Crippen molar-refractivity contribution < 1.29 is 32.6 Å². The average Bonchev–Trinajstić information content (AvgIpc) is 2.75. The first kappa shape index (κ1) is 26.0. The fourth-order valence-corrected chi connectivity index (χ4v) is 4.45. The maximum Gasteiger partial charge on any atom is 0.391 e. The van der Waals surface area contributed by atoms with Gasteiger partial charge in [-0.1, -0.05) is 11.6 Å². The molecule has 0 radical (unpaired) electrons. The number of carbonyl (C=O) groups is 2. The third-order valence-corrected chi connectivity index (χ3v) is 6.56. The van der Waals surface area contributed by atoms with Gasteiger partial charge < -0.3 is 19.7 Å². The number of nitrogens with one attached hydrogen (secondary N) is 1. The van der Waals surface area contributed by atoms with Crippen molar-refractivity contribution in [3.05, 3.63) is 45.3 Å². The summed E-state index contributed by atoms with van der Waals surface area (Å²) in [6.45, 7) is 2.73. The molecule has 7 nitrogen and oxygen atoms in total. The molecule has 2 aromatic rings. The molecule has 1 unspecified atom stereocenters. The highest BCUT2D eigenvalue weighted by Crippen LogP contribution is 2.41. The molecule has 1 heterocycles. The number of fused-ring (bicyclic) bond motifs is 1. The van der Waals surface area contributed by atoms with Crippen LogP contribution in [0, 0.1) is 5.92 Å². The predicted octanol–water partition coefficient (Wildman–Crippen LogP) is 3.99. The third-order valence-electron chi connectivity index (χ3n) is 6.25. The molecular weight excluding hydrogens is 477 g/mol. The number of aliphatic hydroxyl groups is 1. The Hall–Kier alpha value is -2.59. The van der Waals surface area contributed by atoms with Crippen LogP contribution in [0.5, 0.6) is 0 Å². The van der Waals surface area contributed by atoms with Crippen molar-refractivity contribution in [2.24, 2.45) is 5.92 Å². The summed E-state index contributed by atoms with van der Waals surface area (Å²) in [6, 6.07) is 3.99. The molecule has 1 aliphatic rings. The van der Waals surface area contributed by atoms with Crippen molar-refractivity contribution in [3.63, 3.8) is 0 Å². The number of benzene rings is 1. The second-order valence-electron chi connectivity index (χ2n) is 8.79. The molecule has 1 aliphatic carbocycles. The van der Waals surface area contributed by atoms with E-state index in [1.165, 1.54) is 29.8 Å². The smallest absolute Gasteiger partial charge is 0.391 e. The number of hydrogen-bond acceptors (Lipinski definition) is 5. The maximum absolute atomic E-state index is 13.0. The number of nitrogens with zero attached hydrogens (tertiary/aromatic N) is 1. The second kappa shape index (κ2) is 9.95. The Bertz CT molecular complexity index is 1140. The molecule has 34 heavy (non-hydrogen) atoms. The lowest BCUT2D eigenvalue weighted by molar-refractivity contribution is -0.191. The Morgan fingerprint density at radius 1 is 1.26 bits per heavy atom. The minimum absolute atomic E-state index is 0.00451. The van der Waals surface area contributed by atoms with Gasteiger partial charge in [-0.05, 0) is 50.8 Å². The van der Waals surface area contributed by atoms with Crippen LogP contribution in [-0.4, -0.2) is 46.5 Å². The summed E-state index contributed by atoms with van der Waals surface area (Å²) in [5, 5.41) is 13.8. The van der Waals surface area contributed by atoms with Gasteiger partial charge in [0, 0.05) is 30.4 Å². The topological polar surface area (TPSA) is 97.6 Å². The lowest BCUT2D eigenvalue weighted by atomic mass is 9.78. The first-order valence-corrected chi connectivity index (χ1v) is 11.2. The van der Waals surface area contributed by atoms with Gasteiger partial charge in [-0.25, -0.2) is 0 Å². The van der Waals surface area contributed by atoms with E-state index >= 15 is 0 Å². The number of aromatic nitrogens is 1. The molecule has 1 saturated carbocycles. The summed E-state index contributed by atoms with van der Waals surface area (Å²) in [4.78, 5) is 37.0. The van der Waals surface area contributed by atoms with Crippen molar-refractivity contribution in [3.8, 4) is 0 Å². The van der Waals surface area contributed by atoms with Gasteiger partial charge in [0.15, 0.2) is 0 Å². The molecule has 3 rings (SSSR count). The zero-order valence-electron chi connectivity index (χ0n) is 18.7. The number of ether oxygens (including phenoxy) is 1. The molecule has 1 fully saturated rings. The lowest BCUT2D eigenvalue weighted by Gasteiger charge is -2.36. The van der Waals surface area contributed by atoms with E-state index in [-0.39, 0.29) is 54.8 Å². The van der Waals surface area contributed by atoms with Crippen LogP contribution in [0.2, 0.25) is 5.02 Å². The van der Waals surface area contributed by atoms with Gasteiger partial charge in [0.2, 0.25) is 0 Å². The molecule has 186 valence electrons. The molecule has 0 saturated heterocycles. The Labute approximate surface area is 198 Å². The van der Waals surface area contributed by atoms with Crippen LogP contribution in [0.15, 0.2) is 29.2 Å². The quantitative estimate of drug-likeness (QED) is 0.582. The number of esters is 1. The van der Waals surface area contributed by atoms with Crippen LogP contribution in [0.4, 0.5) is 13.2 Å². The number of amides is 1. The number of halogens is 4. The SMILES string of the molecule is CC(=O)OCC(C)n1ccc2c(C(=O)NCC3(O)CCC(C(F)(F)F)CC3)c(Cl)ccc2c1=O. The minimum Gasteiger partial charge on any atom is -0.464 e. The summed E-state index contributed by atoms with van der Waals surface area (Å²) >= 11 is 6.25. The summed E-state index contributed by atoms with van der Waals surface area (Å²) in [6.07, 6.45) is -3.44. The fraction of sp³-hybridized carbons (Fsp3) is 0.522. The minimum atomic E-state index is -4.30. The van der Waals surface area contributed by atoms with E-state index in [2.05, 4.69) is 5.32 Å². The van der Waals surface area contributed by atoms with Gasteiger partial charge in [-0.3, -0.25) is 14.4 Å². The predicted molar refractivity (Wildman–Crippen MR) is 120 cm³/mol. The normalized spacial score (nSPS) is 21.8. The lowest BCUT2D eigenvalue weighted by Crippen LogP contribution is -2.47. The Morgan fingerprint density at radius 2 is 1.91 bits per heavy atom. The molecule has 11 heteroatoms. The number of rotatable bonds is 6. The number of alkyl halides is 3. The van der Waals surface area contributed by atoms with Crippen LogP contribution in [0.25, 0.3) is 10.8 Å². The Kier molecular flexibility index (Phi) is 7.62.